The Bertz CT molecular complexity index is 4990. The van der Waals surface area contributed by atoms with Gasteiger partial charge in [-0.3, -0.25) is 77.3 Å². The van der Waals surface area contributed by atoms with Crippen LogP contribution in [-0.2, 0) is 113 Å². The van der Waals surface area contributed by atoms with Crippen LogP contribution in [0.15, 0.2) is 128 Å². The maximum atomic E-state index is 15.7. The van der Waals surface area contributed by atoms with Crippen molar-refractivity contribution in [1.29, 1.82) is 0 Å². The number of likely N-dealkylation sites (N-methyl/N-ethyl adjacent to an activating group) is 3. The number of para-hydroxylation sites is 1. The molecule has 0 radical (unpaired) electrons. The number of aromatic amines is 1. The van der Waals surface area contributed by atoms with E-state index in [1.807, 2.05) is 24.0 Å². The molecule has 10 rings (SSSR count). The van der Waals surface area contributed by atoms with E-state index in [2.05, 4.69) is 52.8 Å². The molecule has 3 unspecified atom stereocenters. The van der Waals surface area contributed by atoms with Crippen LogP contribution in [0.5, 0.6) is 5.75 Å². The summed E-state index contributed by atoms with van der Waals surface area (Å²) < 4.78 is 62.9. The number of aromatic hydroxyl groups is 1. The van der Waals surface area contributed by atoms with Crippen molar-refractivity contribution in [3.8, 4) is 5.75 Å². The van der Waals surface area contributed by atoms with Gasteiger partial charge in [-0.05, 0) is 109 Å². The third-order valence-corrected chi connectivity index (χ3v) is 24.7. The van der Waals surface area contributed by atoms with E-state index in [1.165, 1.54) is 57.4 Å². The van der Waals surface area contributed by atoms with Crippen molar-refractivity contribution < 1.29 is 105 Å². The number of phenolic OH excluding ortho intramolecular Hbond substituents is 1. The molecule has 4 saturated heterocycles. The Balaban J connectivity index is 1.03. The Morgan fingerprint density at radius 1 is 0.626 bits per heavy atom. The van der Waals surface area contributed by atoms with Gasteiger partial charge < -0.3 is 103 Å². The van der Waals surface area contributed by atoms with Crippen molar-refractivity contribution in [2.75, 3.05) is 79.2 Å². The number of nitrogens with one attached hydrogen (secondary N) is 10. The number of unbranched alkanes of at least 4 members (excludes halogenated alkanes) is 1. The predicted octanol–water partition coefficient (Wildman–Crippen LogP) is 1.41. The number of hydrogen-bond acceptors (Lipinski definition) is 22. The lowest BCUT2D eigenvalue weighted by Gasteiger charge is -2.37. The summed E-state index contributed by atoms with van der Waals surface area (Å²) in [5, 5.41) is 46.3. The molecule has 0 aliphatic carbocycles. The van der Waals surface area contributed by atoms with Crippen LogP contribution < -0.4 is 59.3 Å². The molecule has 4 aliphatic rings. The zero-order valence-electron chi connectivity index (χ0n) is 74.2. The van der Waals surface area contributed by atoms with Crippen LogP contribution in [0.25, 0.3) is 10.9 Å². The highest BCUT2D eigenvalue weighted by Gasteiger charge is 2.54. The molecule has 131 heavy (non-hydrogen) atoms. The molecule has 0 spiro atoms. The molecule has 708 valence electrons. The first-order valence-corrected chi connectivity index (χ1v) is 44.9. The van der Waals surface area contributed by atoms with E-state index >= 15 is 47.1 Å². The van der Waals surface area contributed by atoms with E-state index < -0.39 is 228 Å². The number of nitrogens with zero attached hydrogens (tertiary/aromatic N) is 5. The average Bonchev–Trinajstić information content (AvgIpc) is 1.60. The lowest BCUT2D eigenvalue weighted by Crippen LogP contribution is -2.62. The number of thioether (sulfide) groups is 1. The molecule has 5 heterocycles. The number of fused-ring (bicyclic) bond motifs is 5. The van der Waals surface area contributed by atoms with Gasteiger partial charge in [0.2, 0.25) is 77.1 Å². The monoisotopic (exact) mass is 1840 g/mol. The standard InChI is InChI=1S/C91H118F3N17O19S/c1-8-9-27-69-88(126)111-36-38-129-91(111)85(123)106-73(46-75(115)116)105-77(51(2)3)89(127)108(5)70(43-52-20-12-10-13-21-52)84(122)100-62(26-18-34-95)78-90(130-78)110-35-19-28-68(110)83(121)103-65(45-56-47-97-61-25-17-16-24-58(56)61)82(120)102-64(41-54-29-31-57(112)32-30-54)81(119)101-63(33-37-128-7)80(118)104-67(79(117)98-48-72(96)113)49-131-50-74(114)99-66(42-55-39-59(92)76(94)60(93)40-55)86(124)109(6)71(87(125)107(69)4)44-53-22-14-11-15-23-53/h10-17,20-25,29-32,39-40,47,51,62-71,73,77-78,90-91,97,105,112H,8-9,18-19,26-28,33-38,41-46,48-50,95H2,1-7H3,(H2,96,113)(H,98,117)(H,99,114)(H,100,122)(H,101,119)(H,102,120)(H,103,121)(H,104,118)(H,106,123)(H,115,116)/t62-,63-,64-,65-,66-,67-,68+,69-,70?,71-,73-,77-,78?,90?,91+/m0/s1. The largest absolute Gasteiger partial charge is 0.508 e. The second kappa shape index (κ2) is 48.2. The molecule has 6 aromatic rings. The summed E-state index contributed by atoms with van der Waals surface area (Å²) in [5.74, 6) is -20.3. The van der Waals surface area contributed by atoms with E-state index in [0.717, 1.165) is 14.7 Å². The van der Waals surface area contributed by atoms with Gasteiger partial charge in [-0.15, -0.1) is 11.8 Å². The molecule has 16 N–H and O–H groups in total. The number of epoxide rings is 1. The van der Waals surface area contributed by atoms with Crippen molar-refractivity contribution in [3.05, 3.63) is 173 Å². The molecular weight excluding hydrogens is 1720 g/mol. The Morgan fingerprint density at radius 2 is 1.23 bits per heavy atom. The van der Waals surface area contributed by atoms with Gasteiger partial charge in [-0.1, -0.05) is 125 Å². The molecule has 40 heteroatoms. The summed E-state index contributed by atoms with van der Waals surface area (Å²) in [5.41, 5.74) is 14.0. The number of carbonyl (C=O) groups excluding carboxylic acids is 13. The van der Waals surface area contributed by atoms with Gasteiger partial charge in [-0.2, -0.15) is 0 Å². The van der Waals surface area contributed by atoms with Gasteiger partial charge in [-0.25, -0.2) is 13.2 Å². The second-order valence-corrected chi connectivity index (χ2v) is 34.5. The number of benzene rings is 5. The molecule has 0 saturated carbocycles. The van der Waals surface area contributed by atoms with Crippen molar-refractivity contribution in [2.45, 2.75) is 202 Å². The number of nitrogens with two attached hydrogens (primary N) is 2. The Hall–Kier alpha value is -12.1. The number of carboxylic acids is 1. The lowest BCUT2D eigenvalue weighted by molar-refractivity contribution is -0.156. The van der Waals surface area contributed by atoms with Crippen molar-refractivity contribution in [1.82, 2.24) is 77.3 Å². The molecule has 4 aliphatic heterocycles. The van der Waals surface area contributed by atoms with Gasteiger partial charge in [0.1, 0.15) is 66.4 Å². The van der Waals surface area contributed by atoms with Crippen LogP contribution in [0.4, 0.5) is 13.2 Å². The quantitative estimate of drug-likeness (QED) is 0.0285. The van der Waals surface area contributed by atoms with E-state index in [9.17, 15) is 43.4 Å². The van der Waals surface area contributed by atoms with Gasteiger partial charge in [0, 0.05) is 103 Å². The minimum Gasteiger partial charge on any atom is -0.508 e. The number of primary amides is 1. The summed E-state index contributed by atoms with van der Waals surface area (Å²) in [6.45, 7) is 4.21. The first kappa shape index (κ1) is 101. The summed E-state index contributed by atoms with van der Waals surface area (Å²) in [6, 6.07) is 15.6. The number of aliphatic carboxylic acids is 1. The number of aromatic nitrogens is 1. The highest BCUT2D eigenvalue weighted by atomic mass is 32.2. The number of ether oxygens (including phenoxy) is 3. The zero-order valence-corrected chi connectivity index (χ0v) is 75.0. The molecule has 36 nitrogen and oxygen atoms in total. The molecule has 4 fully saturated rings. The molecule has 1 aromatic heterocycles. The van der Waals surface area contributed by atoms with Gasteiger partial charge in [0.05, 0.1) is 49.6 Å². The maximum Gasteiger partial charge on any atom is 0.306 e. The molecule has 15 atom stereocenters. The number of methoxy groups -OCH3 is 1. The SMILES string of the molecule is CCCC[C@H]1C(=O)N2CCO[C@@H]2C(=O)N[C@@H](CC(=O)O)N[C@@H](C(C)C)C(=O)N(C)C(Cc2ccccc2)C(=O)N[C@@H](CCCN)C2OC2N2CCC[C@@H]2C(=O)N[C@@H](Cc2c[nH]c3ccccc23)C(=O)N[C@@H](Cc2ccc(O)cc2)C(=O)N[C@@H](CCOC)C(=O)N[C@H](C(=O)NCC(N)=O)CSCC(=O)N[C@@H](Cc2cc(F)c(F)c(F)c2)C(=O)N(C)[C@@H](Cc2ccccc2)C(=O)N1C. The van der Waals surface area contributed by atoms with Crippen LogP contribution in [0.3, 0.4) is 0 Å². The fraction of sp³-hybridized carbons (Fsp3) is 0.495. The number of carboxylic acid groups (broad SMARTS) is 1. The number of rotatable bonds is 25. The second-order valence-electron chi connectivity index (χ2n) is 33.5. The molecule has 5 aromatic carbocycles. The van der Waals surface area contributed by atoms with Crippen LogP contribution >= 0.6 is 11.8 Å². The first-order chi connectivity index (χ1) is 62.7. The smallest absolute Gasteiger partial charge is 0.306 e. The zero-order chi connectivity index (χ0) is 94.9. The highest BCUT2D eigenvalue weighted by Crippen LogP contribution is 2.37. The van der Waals surface area contributed by atoms with Crippen molar-refractivity contribution >= 4 is 105 Å². The predicted molar refractivity (Wildman–Crippen MR) is 475 cm³/mol. The Kier molecular flexibility index (Phi) is 37.2. The summed E-state index contributed by atoms with van der Waals surface area (Å²) in [6.07, 6.45) is -3.82. The Morgan fingerprint density at radius 3 is 1.87 bits per heavy atom. The number of hydrogen-bond donors (Lipinski definition) is 14. The van der Waals surface area contributed by atoms with Crippen molar-refractivity contribution in [2.24, 2.45) is 17.4 Å². The fourth-order valence-corrected chi connectivity index (χ4v) is 17.3. The van der Waals surface area contributed by atoms with Crippen molar-refractivity contribution in [3.63, 3.8) is 0 Å². The average molecular weight is 1840 g/mol. The minimum atomic E-state index is -1.86. The first-order valence-electron chi connectivity index (χ1n) is 43.8. The number of amides is 13. The summed E-state index contributed by atoms with van der Waals surface area (Å²) in [4.78, 5) is 216. The minimum absolute atomic E-state index is 0.0435. The summed E-state index contributed by atoms with van der Waals surface area (Å²) in [7, 11) is 5.23. The lowest BCUT2D eigenvalue weighted by atomic mass is 9.98. The molecular formula is C91H118F3N17O19S. The van der Waals surface area contributed by atoms with E-state index in [-0.39, 0.29) is 89.0 Å². The third kappa shape index (κ3) is 27.8. The van der Waals surface area contributed by atoms with Crippen LogP contribution in [-0.4, -0.2) is 293 Å². The molecule has 0 bridgehead atoms. The van der Waals surface area contributed by atoms with Crippen LogP contribution in [0, 0.1) is 23.4 Å². The number of halogens is 3. The Labute approximate surface area is 760 Å². The van der Waals surface area contributed by atoms with Gasteiger partial charge >= 0.3 is 5.97 Å². The van der Waals surface area contributed by atoms with Crippen LogP contribution in [0.2, 0.25) is 0 Å². The third-order valence-electron chi connectivity index (χ3n) is 23.7. The maximum absolute atomic E-state index is 15.7. The van der Waals surface area contributed by atoms with E-state index in [4.69, 9.17) is 25.7 Å². The summed E-state index contributed by atoms with van der Waals surface area (Å²) >= 11 is 0.680. The normalized spacial score (nSPS) is 25.3. The van der Waals surface area contributed by atoms with E-state index in [0.29, 0.717) is 89.3 Å². The van der Waals surface area contributed by atoms with Crippen LogP contribution in [0.1, 0.15) is 106 Å². The number of H-pyrrole nitrogens is 1. The van der Waals surface area contributed by atoms with Gasteiger partial charge in [0.25, 0.3) is 5.91 Å². The number of carbonyl (C=O) groups is 14. The highest BCUT2D eigenvalue weighted by molar-refractivity contribution is 8.00. The number of phenols is 1. The molecule has 13 amide bonds. The van der Waals surface area contributed by atoms with E-state index in [1.54, 1.807) is 92.8 Å². The fourth-order valence-electron chi connectivity index (χ4n) is 16.5. The topological polar surface area (TPSA) is 503 Å². The van der Waals surface area contributed by atoms with Gasteiger partial charge in [0.15, 0.2) is 17.5 Å².